The largest absolute Gasteiger partial charge is 0.379 e. The molecule has 1 saturated heterocycles. The van der Waals surface area contributed by atoms with Gasteiger partial charge in [0, 0.05) is 33.2 Å². The van der Waals surface area contributed by atoms with Gasteiger partial charge in [-0.25, -0.2) is 0 Å². The highest BCUT2D eigenvalue weighted by atomic mass is 127. The number of morpholine rings is 1. The van der Waals surface area contributed by atoms with E-state index in [9.17, 15) is 0 Å². The van der Waals surface area contributed by atoms with E-state index in [0.717, 1.165) is 64.7 Å². The van der Waals surface area contributed by atoms with Gasteiger partial charge in [-0.05, 0) is 25.3 Å². The molecule has 1 unspecified atom stereocenters. The number of halogens is 1. The molecular formula is C21H35IN4O. The normalized spacial score (nSPS) is 16.3. The number of ether oxygens (including phenoxy) is 1. The van der Waals surface area contributed by atoms with Crippen LogP contribution in [0.15, 0.2) is 48.0 Å². The van der Waals surface area contributed by atoms with Crippen molar-refractivity contribution in [2.75, 3.05) is 53.0 Å². The Morgan fingerprint density at radius 3 is 2.67 bits per heavy atom. The van der Waals surface area contributed by atoms with Crippen LogP contribution in [0.4, 0.5) is 0 Å². The zero-order valence-electron chi connectivity index (χ0n) is 16.8. The van der Waals surface area contributed by atoms with Crippen molar-refractivity contribution < 1.29 is 4.74 Å². The fourth-order valence-electron chi connectivity index (χ4n) is 3.22. The fourth-order valence-corrected chi connectivity index (χ4v) is 3.22. The van der Waals surface area contributed by atoms with Crippen LogP contribution >= 0.6 is 24.0 Å². The van der Waals surface area contributed by atoms with Crippen LogP contribution in [0.5, 0.6) is 0 Å². The van der Waals surface area contributed by atoms with E-state index in [1.807, 2.05) is 6.08 Å². The highest BCUT2D eigenvalue weighted by molar-refractivity contribution is 14.0. The van der Waals surface area contributed by atoms with Gasteiger partial charge in [0.2, 0.25) is 0 Å². The molecule has 1 N–H and O–H groups in total. The van der Waals surface area contributed by atoms with Crippen LogP contribution in [0.25, 0.3) is 0 Å². The van der Waals surface area contributed by atoms with Gasteiger partial charge < -0.3 is 15.0 Å². The Bertz CT molecular complexity index is 546. The van der Waals surface area contributed by atoms with Crippen LogP contribution in [0.1, 0.15) is 31.4 Å². The Hall–Kier alpha value is -1.12. The molecule has 0 aromatic heterocycles. The molecule has 0 bridgehead atoms. The summed E-state index contributed by atoms with van der Waals surface area (Å²) in [6.45, 7) is 12.0. The van der Waals surface area contributed by atoms with Gasteiger partial charge in [0.1, 0.15) is 0 Å². The van der Waals surface area contributed by atoms with Gasteiger partial charge in [-0.2, -0.15) is 0 Å². The number of guanidine groups is 1. The summed E-state index contributed by atoms with van der Waals surface area (Å²) in [6.07, 6.45) is 4.10. The lowest BCUT2D eigenvalue weighted by molar-refractivity contribution is 0.0179. The number of hydrogen-bond donors (Lipinski definition) is 1. The predicted octanol–water partition coefficient (Wildman–Crippen LogP) is 3.54. The predicted molar refractivity (Wildman–Crippen MR) is 125 cm³/mol. The van der Waals surface area contributed by atoms with Crippen molar-refractivity contribution >= 4 is 29.9 Å². The van der Waals surface area contributed by atoms with Crippen molar-refractivity contribution in [1.82, 2.24) is 15.1 Å². The molecule has 0 radical (unpaired) electrons. The van der Waals surface area contributed by atoms with Gasteiger partial charge in [-0.1, -0.05) is 36.4 Å². The fraction of sp³-hybridized carbons (Fsp3) is 0.571. The van der Waals surface area contributed by atoms with Gasteiger partial charge in [-0.15, -0.1) is 30.6 Å². The first-order valence-electron chi connectivity index (χ1n) is 9.73. The Kier molecular flexibility index (Phi) is 12.4. The summed E-state index contributed by atoms with van der Waals surface area (Å²) in [5.41, 5.74) is 1.32. The first kappa shape index (κ1) is 23.9. The van der Waals surface area contributed by atoms with Gasteiger partial charge >= 0.3 is 0 Å². The SMILES string of the molecule is C=CCCCN(C)C(=NCC(c1ccccc1)N1CCOCC1)NCC.I. The van der Waals surface area contributed by atoms with Crippen LogP contribution in [-0.4, -0.2) is 68.7 Å². The zero-order chi connectivity index (χ0) is 18.6. The van der Waals surface area contributed by atoms with Crippen molar-refractivity contribution in [3.8, 4) is 0 Å². The summed E-state index contributed by atoms with van der Waals surface area (Å²) in [5.74, 6) is 0.978. The monoisotopic (exact) mass is 486 g/mol. The highest BCUT2D eigenvalue weighted by Crippen LogP contribution is 2.22. The summed E-state index contributed by atoms with van der Waals surface area (Å²) in [6, 6.07) is 11.0. The minimum Gasteiger partial charge on any atom is -0.379 e. The van der Waals surface area contributed by atoms with Crippen LogP contribution in [0, 0.1) is 0 Å². The van der Waals surface area contributed by atoms with Crippen molar-refractivity contribution in [2.45, 2.75) is 25.8 Å². The van der Waals surface area contributed by atoms with Crippen molar-refractivity contribution in [1.29, 1.82) is 0 Å². The van der Waals surface area contributed by atoms with E-state index in [0.29, 0.717) is 0 Å². The molecular weight excluding hydrogens is 451 g/mol. The molecule has 1 aliphatic rings. The van der Waals surface area contributed by atoms with Crippen LogP contribution in [-0.2, 0) is 4.74 Å². The maximum atomic E-state index is 5.54. The summed E-state index contributed by atoms with van der Waals surface area (Å²) in [7, 11) is 2.11. The van der Waals surface area contributed by atoms with Crippen molar-refractivity contribution in [2.24, 2.45) is 4.99 Å². The average molecular weight is 486 g/mol. The van der Waals surface area contributed by atoms with Crippen molar-refractivity contribution in [3.63, 3.8) is 0 Å². The third-order valence-corrected chi connectivity index (χ3v) is 4.68. The topological polar surface area (TPSA) is 40.1 Å². The maximum Gasteiger partial charge on any atom is 0.193 e. The first-order valence-corrected chi connectivity index (χ1v) is 9.73. The molecule has 1 fully saturated rings. The molecule has 0 amide bonds. The lowest BCUT2D eigenvalue weighted by atomic mass is 10.0. The molecule has 1 aliphatic heterocycles. The molecule has 1 heterocycles. The molecule has 5 nitrogen and oxygen atoms in total. The van der Waals surface area contributed by atoms with Crippen LogP contribution in [0.2, 0.25) is 0 Å². The Balaban J connectivity index is 0.00000364. The molecule has 1 aromatic rings. The highest BCUT2D eigenvalue weighted by Gasteiger charge is 2.22. The van der Waals surface area contributed by atoms with E-state index in [-0.39, 0.29) is 30.0 Å². The third-order valence-electron chi connectivity index (χ3n) is 4.68. The number of aliphatic imine (C=N–C) groups is 1. The minimum absolute atomic E-state index is 0. The van der Waals surface area contributed by atoms with E-state index in [1.54, 1.807) is 0 Å². The molecule has 1 atom stereocenters. The summed E-state index contributed by atoms with van der Waals surface area (Å²) in [4.78, 5) is 9.67. The lowest BCUT2D eigenvalue weighted by Gasteiger charge is -2.34. The quantitative estimate of drug-likeness (QED) is 0.191. The number of rotatable bonds is 9. The Morgan fingerprint density at radius 2 is 2.04 bits per heavy atom. The summed E-state index contributed by atoms with van der Waals surface area (Å²) < 4.78 is 5.54. The van der Waals surface area contributed by atoms with Crippen LogP contribution < -0.4 is 5.32 Å². The molecule has 0 spiro atoms. The average Bonchev–Trinajstić information content (AvgIpc) is 2.69. The van der Waals surface area contributed by atoms with E-state index >= 15 is 0 Å². The smallest absolute Gasteiger partial charge is 0.193 e. The van der Waals surface area contributed by atoms with Gasteiger partial charge in [-0.3, -0.25) is 9.89 Å². The Morgan fingerprint density at radius 1 is 1.33 bits per heavy atom. The second-order valence-corrected chi connectivity index (χ2v) is 6.62. The number of nitrogens with one attached hydrogen (secondary N) is 1. The molecule has 27 heavy (non-hydrogen) atoms. The molecule has 152 valence electrons. The Labute approximate surface area is 181 Å². The first-order chi connectivity index (χ1) is 12.8. The minimum atomic E-state index is 0. The number of hydrogen-bond acceptors (Lipinski definition) is 3. The molecule has 1 aromatic carbocycles. The van der Waals surface area contributed by atoms with Gasteiger partial charge in [0.15, 0.2) is 5.96 Å². The summed E-state index contributed by atoms with van der Waals surface area (Å²) >= 11 is 0. The second-order valence-electron chi connectivity index (χ2n) is 6.62. The molecule has 0 saturated carbocycles. The van der Waals surface area contributed by atoms with E-state index in [2.05, 4.69) is 66.0 Å². The van der Waals surface area contributed by atoms with Crippen molar-refractivity contribution in [3.05, 3.63) is 48.6 Å². The van der Waals surface area contributed by atoms with E-state index < -0.39 is 0 Å². The van der Waals surface area contributed by atoms with E-state index in [1.165, 1.54) is 5.56 Å². The number of nitrogens with zero attached hydrogens (tertiary/aromatic N) is 3. The molecule has 0 aliphatic carbocycles. The number of allylic oxidation sites excluding steroid dienone is 1. The maximum absolute atomic E-state index is 5.54. The zero-order valence-corrected chi connectivity index (χ0v) is 19.1. The number of benzene rings is 1. The molecule has 6 heteroatoms. The molecule has 2 rings (SSSR count). The second kappa shape index (κ2) is 14.0. The summed E-state index contributed by atoms with van der Waals surface area (Å²) in [5, 5.41) is 3.43. The number of unbranched alkanes of at least 4 members (excludes halogenated alkanes) is 1. The van der Waals surface area contributed by atoms with Gasteiger partial charge in [0.25, 0.3) is 0 Å². The van der Waals surface area contributed by atoms with Gasteiger partial charge in [0.05, 0.1) is 25.8 Å². The van der Waals surface area contributed by atoms with E-state index in [4.69, 9.17) is 9.73 Å². The standard InChI is InChI=1S/C21H34N4O.HI/c1-4-6-10-13-24(3)21(22-5-2)23-18-20(19-11-8-7-9-12-19)25-14-16-26-17-15-25;/h4,7-9,11-12,20H,1,5-6,10,13-18H2,2-3H3,(H,22,23);1H. The lowest BCUT2D eigenvalue weighted by Crippen LogP contribution is -2.42. The van der Waals surface area contributed by atoms with Crippen LogP contribution in [0.3, 0.4) is 0 Å². The third kappa shape index (κ3) is 8.19.